The highest BCUT2D eigenvalue weighted by Gasteiger charge is 2.19. The van der Waals surface area contributed by atoms with Crippen LogP contribution in [0.4, 0.5) is 23.0 Å². The Morgan fingerprint density at radius 1 is 0.525 bits per heavy atom. The van der Waals surface area contributed by atoms with Gasteiger partial charge in [-0.25, -0.2) is 29.9 Å². The highest BCUT2D eigenvalue weighted by atomic mass is 16.5. The molecule has 0 bridgehead atoms. The number of rotatable bonds is 10. The molecule has 10 aromatic rings. The third-order valence-electron chi connectivity index (χ3n) is 9.39. The fraction of sp³-hybridized carbons (Fsp3) is 0.0732. The molecule has 0 spiro atoms. The summed E-state index contributed by atoms with van der Waals surface area (Å²) in [5, 5.41) is 37.0. The molecule has 0 unspecified atom stereocenters. The molecule has 0 radical (unpaired) electrons. The number of methoxy groups -OCH3 is 2. The maximum atomic E-state index is 5.58. The summed E-state index contributed by atoms with van der Waals surface area (Å²) in [4.78, 5) is 26.1. The van der Waals surface area contributed by atoms with E-state index in [2.05, 4.69) is 93.5 Å². The molecular weight excluding hydrogens is 749 g/mol. The molecule has 18 heteroatoms. The van der Waals surface area contributed by atoms with Crippen molar-refractivity contribution < 1.29 is 9.47 Å². The highest BCUT2D eigenvalue weighted by molar-refractivity contribution is 6.00. The van der Waals surface area contributed by atoms with Gasteiger partial charge in [-0.05, 0) is 66.1 Å². The van der Waals surface area contributed by atoms with Crippen molar-refractivity contribution in [1.82, 2.24) is 70.7 Å². The van der Waals surface area contributed by atoms with Crippen LogP contribution in [0.2, 0.25) is 0 Å². The Hall–Kier alpha value is -8.54. The van der Waals surface area contributed by atoms with Crippen molar-refractivity contribution in [2.45, 2.75) is 6.92 Å². The molecular formula is C41H34N16O2. The number of fused-ring (bicyclic) bond motifs is 2. The second-order valence-electron chi connectivity index (χ2n) is 13.0. The van der Waals surface area contributed by atoms with E-state index in [0.29, 0.717) is 45.9 Å². The number of hydrogen-bond acceptors (Lipinski definition) is 14. The number of nitrogens with one attached hydrogen (secondary N) is 6. The molecule has 0 aliphatic heterocycles. The molecule has 0 amide bonds. The van der Waals surface area contributed by atoms with Crippen LogP contribution < -0.4 is 20.1 Å². The first kappa shape index (κ1) is 36.1. The number of H-pyrrole nitrogens is 4. The Morgan fingerprint density at radius 2 is 1.15 bits per heavy atom. The van der Waals surface area contributed by atoms with Gasteiger partial charge < -0.3 is 20.1 Å². The first-order valence-corrected chi connectivity index (χ1v) is 18.2. The van der Waals surface area contributed by atoms with Gasteiger partial charge in [-0.3, -0.25) is 20.4 Å². The van der Waals surface area contributed by atoms with Crippen LogP contribution in [0.1, 0.15) is 5.56 Å². The van der Waals surface area contributed by atoms with E-state index < -0.39 is 0 Å². The van der Waals surface area contributed by atoms with Gasteiger partial charge in [0.2, 0.25) is 0 Å². The summed E-state index contributed by atoms with van der Waals surface area (Å²) < 4.78 is 11.1. The zero-order valence-electron chi connectivity index (χ0n) is 31.8. The fourth-order valence-electron chi connectivity index (χ4n) is 6.54. The lowest BCUT2D eigenvalue weighted by Gasteiger charge is -2.13. The molecule has 59 heavy (non-hydrogen) atoms. The average Bonchev–Trinajstić information content (AvgIpc) is 4.13. The molecule has 0 aliphatic rings. The lowest BCUT2D eigenvalue weighted by Crippen LogP contribution is -1.99. The normalized spacial score (nSPS) is 11.0. The first-order chi connectivity index (χ1) is 29.1. The van der Waals surface area contributed by atoms with Crippen molar-refractivity contribution in [1.29, 1.82) is 0 Å². The summed E-state index contributed by atoms with van der Waals surface area (Å²) in [6.07, 6.45) is 9.80. The van der Waals surface area contributed by atoms with Crippen molar-refractivity contribution in [3.05, 3.63) is 122 Å². The van der Waals surface area contributed by atoms with Gasteiger partial charge in [0.15, 0.2) is 17.1 Å². The van der Waals surface area contributed by atoms with Gasteiger partial charge in [0.25, 0.3) is 0 Å². The molecule has 6 N–H and O–H groups in total. The zero-order chi connectivity index (χ0) is 40.1. The van der Waals surface area contributed by atoms with Crippen LogP contribution in [0.3, 0.4) is 0 Å². The summed E-state index contributed by atoms with van der Waals surface area (Å²) in [5.74, 6) is 3.19. The Bertz CT molecular complexity index is 3000. The third-order valence-corrected chi connectivity index (χ3v) is 9.39. The Labute approximate surface area is 335 Å². The largest absolute Gasteiger partial charge is 0.495 e. The number of aryl methyl sites for hydroxylation is 1. The maximum absolute atomic E-state index is 5.58. The molecule has 290 valence electrons. The van der Waals surface area contributed by atoms with Crippen LogP contribution in [-0.2, 0) is 0 Å². The van der Waals surface area contributed by atoms with Gasteiger partial charge in [-0.15, -0.1) is 0 Å². The molecule has 18 nitrogen and oxygen atoms in total. The standard InChI is InChI=1S/C22H19N7O.C19H15N9O/c1-13-11-25-27-19(13)20-18-21(23-12-24-22(18)29-28-20)26-16-10-15(8-9-17(16)30-2)14-6-4-3-5-7-14;1-29-14-4-3-11(17-20-6-2-7-21-17)9-13(14)25-18-15-16(12-5-8-24-26-12)27-28-19(15)23-10-22-18/h3-12H,1-2H3,(H,25,27)(H2,23,24,26,28,29);2-10H,1H3,(H,24,26)(H2,22,23,25,27,28). The van der Waals surface area contributed by atoms with Gasteiger partial charge in [-0.1, -0.05) is 36.4 Å². The molecule has 7 heterocycles. The Morgan fingerprint density at radius 3 is 1.76 bits per heavy atom. The van der Waals surface area contributed by atoms with Gasteiger partial charge >= 0.3 is 0 Å². The quantitative estimate of drug-likeness (QED) is 0.0792. The van der Waals surface area contributed by atoms with Gasteiger partial charge in [0, 0.05) is 24.2 Å². The van der Waals surface area contributed by atoms with Gasteiger partial charge in [-0.2, -0.15) is 20.4 Å². The number of nitrogens with zero attached hydrogens (tertiary/aromatic N) is 10. The van der Waals surface area contributed by atoms with Crippen molar-refractivity contribution in [2.24, 2.45) is 0 Å². The average molecular weight is 783 g/mol. The van der Waals surface area contributed by atoms with E-state index in [0.717, 1.165) is 61.5 Å². The predicted molar refractivity (Wildman–Crippen MR) is 222 cm³/mol. The van der Waals surface area contributed by atoms with Crippen LogP contribution in [0.25, 0.3) is 67.4 Å². The lowest BCUT2D eigenvalue weighted by molar-refractivity contribution is 0.417. The Balaban J connectivity index is 0.000000152. The van der Waals surface area contributed by atoms with E-state index in [1.165, 1.54) is 12.7 Å². The molecule has 3 aromatic carbocycles. The minimum absolute atomic E-state index is 0.536. The molecule has 0 saturated heterocycles. The lowest BCUT2D eigenvalue weighted by atomic mass is 10.0. The van der Waals surface area contributed by atoms with Gasteiger partial charge in [0.1, 0.15) is 35.8 Å². The zero-order valence-corrected chi connectivity index (χ0v) is 31.8. The first-order valence-electron chi connectivity index (χ1n) is 18.2. The molecule has 0 saturated carbocycles. The number of ether oxygens (including phenoxy) is 2. The van der Waals surface area contributed by atoms with Gasteiger partial charge in [0.05, 0.1) is 65.3 Å². The minimum Gasteiger partial charge on any atom is -0.495 e. The Kier molecular flexibility index (Phi) is 9.74. The van der Waals surface area contributed by atoms with E-state index in [1.807, 2.05) is 67.6 Å². The third kappa shape index (κ3) is 7.19. The van der Waals surface area contributed by atoms with Crippen molar-refractivity contribution >= 4 is 45.1 Å². The number of benzene rings is 3. The second-order valence-corrected chi connectivity index (χ2v) is 13.0. The predicted octanol–water partition coefficient (Wildman–Crippen LogP) is 7.42. The van der Waals surface area contributed by atoms with E-state index in [9.17, 15) is 0 Å². The number of aromatic amines is 4. The van der Waals surface area contributed by atoms with E-state index in [-0.39, 0.29) is 0 Å². The van der Waals surface area contributed by atoms with E-state index in [4.69, 9.17) is 9.47 Å². The molecule has 0 aliphatic carbocycles. The van der Waals surface area contributed by atoms with Crippen molar-refractivity contribution in [3.8, 4) is 56.8 Å². The number of anilines is 4. The van der Waals surface area contributed by atoms with Crippen molar-refractivity contribution in [2.75, 3.05) is 24.9 Å². The van der Waals surface area contributed by atoms with Crippen LogP contribution in [0, 0.1) is 6.92 Å². The molecule has 0 atom stereocenters. The molecule has 10 rings (SSSR count). The minimum atomic E-state index is 0.536. The second kappa shape index (κ2) is 15.9. The van der Waals surface area contributed by atoms with Crippen molar-refractivity contribution in [3.63, 3.8) is 0 Å². The summed E-state index contributed by atoms with van der Waals surface area (Å²) in [5.41, 5.74) is 9.80. The number of hydrogen-bond donors (Lipinski definition) is 6. The number of aromatic nitrogens is 14. The van der Waals surface area contributed by atoms with Crippen LogP contribution in [-0.4, -0.2) is 84.9 Å². The summed E-state index contributed by atoms with van der Waals surface area (Å²) in [6.45, 7) is 1.98. The monoisotopic (exact) mass is 782 g/mol. The maximum Gasteiger partial charge on any atom is 0.186 e. The summed E-state index contributed by atoms with van der Waals surface area (Å²) >= 11 is 0. The summed E-state index contributed by atoms with van der Waals surface area (Å²) in [6, 6.07) is 25.5. The van der Waals surface area contributed by atoms with E-state index >= 15 is 0 Å². The highest BCUT2D eigenvalue weighted by Crippen LogP contribution is 2.37. The van der Waals surface area contributed by atoms with Crippen LogP contribution in [0.15, 0.2) is 116 Å². The topological polar surface area (TPSA) is 235 Å². The van der Waals surface area contributed by atoms with Crippen LogP contribution in [0.5, 0.6) is 11.5 Å². The summed E-state index contributed by atoms with van der Waals surface area (Å²) in [7, 11) is 3.26. The van der Waals surface area contributed by atoms with E-state index in [1.54, 1.807) is 45.1 Å². The SMILES string of the molecule is COc1ccc(-c2ccccc2)cc1Nc1ncnc2n[nH]c(-c3[nH]ncc3C)c12.COc1ccc(-c2ncccn2)cc1Nc1ncnc2n[nH]c(-c3ccn[nH]3)c12. The smallest absolute Gasteiger partial charge is 0.186 e. The molecule has 7 aromatic heterocycles. The fourth-order valence-corrected chi connectivity index (χ4v) is 6.54. The molecule has 0 fully saturated rings. The van der Waals surface area contributed by atoms with Crippen LogP contribution >= 0.6 is 0 Å².